The van der Waals surface area contributed by atoms with Crippen LogP contribution in [0.2, 0.25) is 0 Å². The van der Waals surface area contributed by atoms with Crippen LogP contribution in [0.4, 0.5) is 0 Å². The second-order valence-electron chi connectivity index (χ2n) is 6.32. The van der Waals surface area contributed by atoms with E-state index in [1.807, 2.05) is 30.4 Å². The Morgan fingerprint density at radius 3 is 2.04 bits per heavy atom. The molecule has 2 nitrogen and oxygen atoms in total. The zero-order chi connectivity index (χ0) is 17.1. The van der Waals surface area contributed by atoms with Crippen LogP contribution in [0.25, 0.3) is 0 Å². The summed E-state index contributed by atoms with van der Waals surface area (Å²) in [6.07, 6.45) is 7.44. The van der Waals surface area contributed by atoms with Crippen molar-refractivity contribution in [2.75, 3.05) is 13.2 Å². The Balaban J connectivity index is 2.14. The van der Waals surface area contributed by atoms with E-state index < -0.39 is 6.89 Å². The highest BCUT2D eigenvalue weighted by Gasteiger charge is 2.36. The summed E-state index contributed by atoms with van der Waals surface area (Å²) in [4.78, 5) is 13.0. The maximum absolute atomic E-state index is 13.0. The van der Waals surface area contributed by atoms with E-state index in [1.54, 1.807) is 0 Å². The van der Waals surface area contributed by atoms with Crippen molar-refractivity contribution < 1.29 is 9.53 Å². The Bertz CT molecular complexity index is 841. The first-order valence-corrected chi connectivity index (χ1v) is 10.5. The molecular weight excluding hydrogens is 327 g/mol. The maximum Gasteiger partial charge on any atom is 0.167 e. The number of hydrogen-bond donors (Lipinski definition) is 0. The molecule has 3 heteroatoms. The number of Topliss-reactive ketones (excluding diaryl/α,β-unsaturated/α-hetero) is 1. The van der Waals surface area contributed by atoms with Gasteiger partial charge in [0.15, 0.2) is 5.78 Å². The molecule has 1 aliphatic carbocycles. The predicted octanol–water partition coefficient (Wildman–Crippen LogP) is 3.66. The van der Waals surface area contributed by atoms with Gasteiger partial charge in [-0.1, -0.05) is 78.9 Å². The van der Waals surface area contributed by atoms with Crippen molar-refractivity contribution in [3.05, 3.63) is 84.2 Å². The van der Waals surface area contributed by atoms with Gasteiger partial charge < -0.3 is 4.74 Å². The van der Waals surface area contributed by atoms with Crippen molar-refractivity contribution in [2.45, 2.75) is 12.8 Å². The topological polar surface area (TPSA) is 26.3 Å². The highest BCUT2D eigenvalue weighted by Crippen LogP contribution is 2.57. The van der Waals surface area contributed by atoms with Gasteiger partial charge in [0, 0.05) is 11.7 Å². The summed E-state index contributed by atoms with van der Waals surface area (Å²) in [5, 5.41) is 4.83. The fourth-order valence-corrected chi connectivity index (χ4v) is 8.46. The number of ether oxygens (including phenoxy) is 1. The molecule has 2 aliphatic rings. The van der Waals surface area contributed by atoms with Crippen LogP contribution in [-0.2, 0) is 9.53 Å². The van der Waals surface area contributed by atoms with Crippen LogP contribution in [0.15, 0.2) is 84.2 Å². The van der Waals surface area contributed by atoms with E-state index in [9.17, 15) is 4.79 Å². The minimum atomic E-state index is -2.13. The van der Waals surface area contributed by atoms with Crippen LogP contribution in [-0.4, -0.2) is 24.3 Å². The predicted molar refractivity (Wildman–Crippen MR) is 106 cm³/mol. The second-order valence-corrected chi connectivity index (χ2v) is 9.81. The third kappa shape index (κ3) is 2.76. The van der Waals surface area contributed by atoms with Gasteiger partial charge in [0.2, 0.25) is 0 Å². The second kappa shape index (κ2) is 7.00. The third-order valence-electron chi connectivity index (χ3n) is 4.91. The standard InChI is InChI=1S/C22H21O2P/c23-21-13-7-8-14-22(21)25(20-15-16-24-17-20,18-9-3-1-4-10-18)19-11-5-2-6-12-19/h1-12,14H,13,15-17H2. The number of allylic oxidation sites excluding steroid dienone is 4. The lowest BCUT2D eigenvalue weighted by atomic mass is 10.2. The largest absolute Gasteiger partial charge is 0.377 e. The van der Waals surface area contributed by atoms with Crippen LogP contribution >= 0.6 is 6.89 Å². The van der Waals surface area contributed by atoms with Crippen molar-refractivity contribution in [1.29, 1.82) is 0 Å². The lowest BCUT2D eigenvalue weighted by Crippen LogP contribution is -2.27. The molecule has 0 radical (unpaired) electrons. The van der Waals surface area contributed by atoms with Gasteiger partial charge in [0.25, 0.3) is 0 Å². The van der Waals surface area contributed by atoms with Gasteiger partial charge in [-0.3, -0.25) is 4.79 Å². The van der Waals surface area contributed by atoms with E-state index in [-0.39, 0.29) is 5.78 Å². The zero-order valence-corrected chi connectivity index (χ0v) is 15.0. The molecule has 0 spiro atoms. The molecule has 4 rings (SSSR count). The quantitative estimate of drug-likeness (QED) is 0.792. The van der Waals surface area contributed by atoms with Crippen molar-refractivity contribution in [1.82, 2.24) is 0 Å². The Kier molecular flexibility index (Phi) is 4.57. The molecule has 2 aromatic carbocycles. The third-order valence-corrected chi connectivity index (χ3v) is 9.47. The minimum Gasteiger partial charge on any atom is -0.377 e. The van der Waals surface area contributed by atoms with E-state index in [0.29, 0.717) is 13.0 Å². The molecule has 0 saturated carbocycles. The molecule has 0 N–H and O–H groups in total. The van der Waals surface area contributed by atoms with Crippen LogP contribution < -0.4 is 10.6 Å². The monoisotopic (exact) mass is 348 g/mol. The molecule has 0 unspecified atom stereocenters. The minimum absolute atomic E-state index is 0.239. The van der Waals surface area contributed by atoms with Gasteiger partial charge in [-0.15, -0.1) is 0 Å². The first-order valence-electron chi connectivity index (χ1n) is 8.67. The van der Waals surface area contributed by atoms with Crippen molar-refractivity contribution in [2.24, 2.45) is 0 Å². The summed E-state index contributed by atoms with van der Waals surface area (Å²) in [6, 6.07) is 21.1. The highest BCUT2D eigenvalue weighted by atomic mass is 31.2. The lowest BCUT2D eigenvalue weighted by molar-refractivity contribution is -0.114. The Labute approximate surface area is 148 Å². The van der Waals surface area contributed by atoms with Gasteiger partial charge >= 0.3 is 0 Å². The number of carbonyl (C=O) groups excluding carboxylic acids is 1. The molecule has 1 fully saturated rings. The lowest BCUT2D eigenvalue weighted by Gasteiger charge is -2.33. The van der Waals surface area contributed by atoms with Gasteiger partial charge in [0.05, 0.1) is 13.2 Å². The zero-order valence-electron chi connectivity index (χ0n) is 14.1. The number of rotatable bonds is 3. The smallest absolute Gasteiger partial charge is 0.167 e. The van der Waals surface area contributed by atoms with Crippen LogP contribution in [0.5, 0.6) is 0 Å². The molecule has 0 bridgehead atoms. The van der Waals surface area contributed by atoms with Gasteiger partial charge in [-0.2, -0.15) is 0 Å². The molecule has 0 aromatic heterocycles. The molecule has 0 amide bonds. The van der Waals surface area contributed by atoms with Crippen LogP contribution in [0, 0.1) is 0 Å². The summed E-state index contributed by atoms with van der Waals surface area (Å²) < 4.78 is 5.77. The summed E-state index contributed by atoms with van der Waals surface area (Å²) in [7, 11) is 0. The average Bonchev–Trinajstić information content (AvgIpc) is 3.21. The van der Waals surface area contributed by atoms with Gasteiger partial charge in [-0.05, 0) is 29.2 Å². The number of ketones is 1. The Hall–Kier alpha value is -2.15. The summed E-state index contributed by atoms with van der Waals surface area (Å²) in [6.45, 7) is -0.739. The van der Waals surface area contributed by atoms with E-state index >= 15 is 0 Å². The van der Waals surface area contributed by atoms with E-state index in [2.05, 4.69) is 48.5 Å². The summed E-state index contributed by atoms with van der Waals surface area (Å²) in [5.41, 5.74) is 0. The van der Waals surface area contributed by atoms with Crippen molar-refractivity contribution in [3.63, 3.8) is 0 Å². The van der Waals surface area contributed by atoms with Gasteiger partial charge in [0.1, 0.15) is 0 Å². The Morgan fingerprint density at radius 2 is 1.52 bits per heavy atom. The summed E-state index contributed by atoms with van der Waals surface area (Å²) in [5.74, 6) is 0.239. The van der Waals surface area contributed by atoms with E-state index in [0.717, 1.165) is 18.3 Å². The molecule has 2 aromatic rings. The molecule has 0 atom stereocenters. The van der Waals surface area contributed by atoms with Crippen molar-refractivity contribution >= 4 is 28.6 Å². The highest BCUT2D eigenvalue weighted by molar-refractivity contribution is 7.93. The van der Waals surface area contributed by atoms with E-state index in [4.69, 9.17) is 4.74 Å². The van der Waals surface area contributed by atoms with Crippen LogP contribution in [0.3, 0.4) is 0 Å². The Morgan fingerprint density at radius 1 is 0.880 bits per heavy atom. The molecular formula is C22H21O2P. The fraction of sp³-hybridized carbons (Fsp3) is 0.182. The van der Waals surface area contributed by atoms with E-state index in [1.165, 1.54) is 15.9 Å². The number of carbonyl (C=O) groups is 1. The molecule has 1 saturated heterocycles. The summed E-state index contributed by atoms with van der Waals surface area (Å²) >= 11 is 0. The van der Waals surface area contributed by atoms with Crippen molar-refractivity contribution in [3.8, 4) is 0 Å². The number of benzene rings is 2. The number of hydrogen-bond acceptors (Lipinski definition) is 2. The molecule has 1 aliphatic heterocycles. The van der Waals surface area contributed by atoms with Crippen LogP contribution in [0.1, 0.15) is 12.8 Å². The first-order chi connectivity index (χ1) is 12.3. The molecule has 126 valence electrons. The average molecular weight is 348 g/mol. The molecule has 25 heavy (non-hydrogen) atoms. The maximum atomic E-state index is 13.0. The van der Waals surface area contributed by atoms with Gasteiger partial charge in [-0.25, -0.2) is 0 Å². The first kappa shape index (κ1) is 16.3. The molecule has 1 heterocycles. The normalized spacial score (nSPS) is 17.7. The fourth-order valence-electron chi connectivity index (χ4n) is 3.81. The SMILES string of the molecule is O=C1CC=CC=C1P(=C1CCOC1)(c1ccccc1)c1ccccc1.